The molecule has 8 heteroatoms. The SMILES string of the molecule is Cc1nc2c(-c3cccc(-c4ccncc4)c3)cnn2c(-c2cc(F)c3c(c2C)CCCO3)c1C(C=O)OC(C)(C)C. The van der Waals surface area contributed by atoms with Gasteiger partial charge in [-0.25, -0.2) is 13.9 Å². The van der Waals surface area contributed by atoms with Crippen LogP contribution in [0.3, 0.4) is 0 Å². The Hall–Kier alpha value is -4.43. The van der Waals surface area contributed by atoms with Crippen LogP contribution in [0, 0.1) is 19.7 Å². The lowest BCUT2D eigenvalue weighted by molar-refractivity contribution is -0.128. The van der Waals surface area contributed by atoms with Crippen molar-refractivity contribution in [3.63, 3.8) is 0 Å². The summed E-state index contributed by atoms with van der Waals surface area (Å²) in [6, 6.07) is 13.6. The average Bonchev–Trinajstić information content (AvgIpc) is 3.41. The lowest BCUT2D eigenvalue weighted by Crippen LogP contribution is -2.25. The van der Waals surface area contributed by atoms with Crippen molar-refractivity contribution in [1.82, 2.24) is 19.6 Å². The van der Waals surface area contributed by atoms with Crippen molar-refractivity contribution in [2.24, 2.45) is 0 Å². The van der Waals surface area contributed by atoms with Gasteiger partial charge >= 0.3 is 0 Å². The summed E-state index contributed by atoms with van der Waals surface area (Å²) in [5.74, 6) is -0.131. The third-order valence-corrected chi connectivity index (χ3v) is 7.64. The lowest BCUT2D eigenvalue weighted by atomic mass is 9.91. The molecule has 214 valence electrons. The van der Waals surface area contributed by atoms with Crippen LogP contribution in [0.1, 0.15) is 55.7 Å². The second-order valence-electron chi connectivity index (χ2n) is 11.6. The summed E-state index contributed by atoms with van der Waals surface area (Å²) < 4.78 is 29.3. The van der Waals surface area contributed by atoms with Crippen LogP contribution in [0.15, 0.2) is 61.1 Å². The highest BCUT2D eigenvalue weighted by molar-refractivity contribution is 5.84. The van der Waals surface area contributed by atoms with E-state index < -0.39 is 17.5 Å². The summed E-state index contributed by atoms with van der Waals surface area (Å²) in [7, 11) is 0. The topological polar surface area (TPSA) is 78.6 Å². The van der Waals surface area contributed by atoms with E-state index in [9.17, 15) is 4.79 Å². The van der Waals surface area contributed by atoms with Gasteiger partial charge in [0.2, 0.25) is 0 Å². The first-order valence-electron chi connectivity index (χ1n) is 14.1. The fraction of sp³-hybridized carbons (Fsp3) is 0.294. The Morgan fingerprint density at radius 1 is 1.05 bits per heavy atom. The zero-order chi connectivity index (χ0) is 29.6. The molecule has 1 aliphatic rings. The minimum atomic E-state index is -0.936. The first-order valence-corrected chi connectivity index (χ1v) is 14.1. The molecule has 4 heterocycles. The molecule has 0 aliphatic carbocycles. The van der Waals surface area contributed by atoms with Crippen LogP contribution >= 0.6 is 0 Å². The predicted octanol–water partition coefficient (Wildman–Crippen LogP) is 7.26. The molecule has 0 fully saturated rings. The van der Waals surface area contributed by atoms with E-state index in [-0.39, 0.29) is 0 Å². The molecule has 3 aromatic heterocycles. The maximum Gasteiger partial charge on any atom is 0.166 e. The van der Waals surface area contributed by atoms with E-state index in [2.05, 4.69) is 11.1 Å². The molecule has 0 radical (unpaired) electrons. The maximum atomic E-state index is 15.6. The van der Waals surface area contributed by atoms with Crippen LogP contribution in [0.4, 0.5) is 4.39 Å². The van der Waals surface area contributed by atoms with Gasteiger partial charge in [-0.3, -0.25) is 4.98 Å². The highest BCUT2D eigenvalue weighted by atomic mass is 19.1. The Kier molecular flexibility index (Phi) is 7.10. The summed E-state index contributed by atoms with van der Waals surface area (Å²) >= 11 is 0. The molecule has 5 aromatic rings. The van der Waals surface area contributed by atoms with Crippen molar-refractivity contribution in [1.29, 1.82) is 0 Å². The molecule has 1 aliphatic heterocycles. The van der Waals surface area contributed by atoms with Gasteiger partial charge in [-0.2, -0.15) is 5.10 Å². The van der Waals surface area contributed by atoms with Crippen molar-refractivity contribution >= 4 is 11.9 Å². The molecule has 1 unspecified atom stereocenters. The van der Waals surface area contributed by atoms with E-state index in [4.69, 9.17) is 19.6 Å². The number of hydrogen-bond acceptors (Lipinski definition) is 6. The van der Waals surface area contributed by atoms with Crippen molar-refractivity contribution in [2.45, 2.75) is 59.2 Å². The third kappa shape index (κ3) is 4.96. The maximum absolute atomic E-state index is 15.6. The minimum absolute atomic E-state index is 0.304. The Morgan fingerprint density at radius 3 is 2.55 bits per heavy atom. The molecule has 2 aromatic carbocycles. The van der Waals surface area contributed by atoms with Gasteiger partial charge in [0.05, 0.1) is 24.1 Å². The number of hydrogen-bond donors (Lipinski definition) is 0. The average molecular weight is 565 g/mol. The zero-order valence-corrected chi connectivity index (χ0v) is 24.4. The van der Waals surface area contributed by atoms with Crippen molar-refractivity contribution in [3.8, 4) is 39.3 Å². The van der Waals surface area contributed by atoms with Crippen LogP contribution < -0.4 is 4.74 Å². The van der Waals surface area contributed by atoms with E-state index in [0.29, 0.717) is 46.9 Å². The van der Waals surface area contributed by atoms with Crippen LogP contribution in [0.2, 0.25) is 0 Å². The number of ether oxygens (including phenoxy) is 2. The molecule has 0 spiro atoms. The monoisotopic (exact) mass is 564 g/mol. The first-order chi connectivity index (χ1) is 20.2. The third-order valence-electron chi connectivity index (χ3n) is 7.64. The minimum Gasteiger partial charge on any atom is -0.490 e. The standard InChI is InChI=1S/C34H33FN4O3/c1-20-25-10-7-15-41-32(25)28(35)17-26(20)31-30(29(19-40)42-34(3,4)5)21(2)38-33-27(18-37-39(31)33)24-9-6-8-23(16-24)22-11-13-36-14-12-22/h6,8-9,11-14,16-19,29H,7,10,15H2,1-5H3. The summed E-state index contributed by atoms with van der Waals surface area (Å²) in [4.78, 5) is 21.7. The number of pyridine rings is 1. The Balaban J connectivity index is 1.63. The summed E-state index contributed by atoms with van der Waals surface area (Å²) in [5.41, 5.74) is 7.94. The molecular formula is C34H33FN4O3. The molecule has 0 saturated carbocycles. The zero-order valence-electron chi connectivity index (χ0n) is 24.4. The summed E-state index contributed by atoms with van der Waals surface area (Å²) in [6.07, 6.45) is 6.66. The molecule has 0 bridgehead atoms. The molecule has 0 saturated heterocycles. The Morgan fingerprint density at radius 2 is 1.81 bits per heavy atom. The fourth-order valence-electron chi connectivity index (χ4n) is 5.77. The molecule has 0 N–H and O–H groups in total. The molecule has 6 rings (SSSR count). The van der Waals surface area contributed by atoms with E-state index in [1.54, 1.807) is 23.1 Å². The van der Waals surface area contributed by atoms with Crippen LogP contribution in [-0.4, -0.2) is 38.1 Å². The highest BCUT2D eigenvalue weighted by Gasteiger charge is 2.31. The number of aryl methyl sites for hydroxylation is 1. The van der Waals surface area contributed by atoms with Gasteiger partial charge in [0.1, 0.15) is 6.10 Å². The first kappa shape index (κ1) is 27.7. The summed E-state index contributed by atoms with van der Waals surface area (Å²) in [6.45, 7) is 10.0. The number of nitrogens with zero attached hydrogens (tertiary/aromatic N) is 4. The number of rotatable bonds is 6. The Labute approximate surface area is 244 Å². The Bertz CT molecular complexity index is 1810. The van der Waals surface area contributed by atoms with Crippen LogP contribution in [0.5, 0.6) is 5.75 Å². The lowest BCUT2D eigenvalue weighted by Gasteiger charge is -2.28. The molecule has 42 heavy (non-hydrogen) atoms. The number of fused-ring (bicyclic) bond motifs is 2. The van der Waals surface area contributed by atoms with Gasteiger partial charge in [-0.1, -0.05) is 18.2 Å². The highest BCUT2D eigenvalue weighted by Crippen LogP contribution is 2.42. The smallest absolute Gasteiger partial charge is 0.166 e. The number of benzene rings is 2. The predicted molar refractivity (Wildman–Crippen MR) is 160 cm³/mol. The summed E-state index contributed by atoms with van der Waals surface area (Å²) in [5, 5.41) is 4.79. The number of halogens is 1. The number of aromatic nitrogens is 4. The van der Waals surface area contributed by atoms with Gasteiger partial charge in [0.15, 0.2) is 23.5 Å². The van der Waals surface area contributed by atoms with Crippen molar-refractivity contribution in [3.05, 3.63) is 89.3 Å². The van der Waals surface area contributed by atoms with Gasteiger partial charge in [-0.15, -0.1) is 0 Å². The van der Waals surface area contributed by atoms with E-state index >= 15 is 4.39 Å². The largest absolute Gasteiger partial charge is 0.490 e. The van der Waals surface area contributed by atoms with Crippen LogP contribution in [-0.2, 0) is 16.0 Å². The number of carbonyl (C=O) groups excluding carboxylic acids is 1. The quantitative estimate of drug-likeness (QED) is 0.202. The van der Waals surface area contributed by atoms with Gasteiger partial charge in [0, 0.05) is 40.3 Å². The second kappa shape index (κ2) is 10.8. The number of carbonyl (C=O) groups is 1. The van der Waals surface area contributed by atoms with E-state index in [1.807, 2.05) is 65.0 Å². The van der Waals surface area contributed by atoms with Crippen molar-refractivity contribution in [2.75, 3.05) is 6.61 Å². The van der Waals surface area contributed by atoms with Crippen LogP contribution in [0.25, 0.3) is 39.2 Å². The number of aldehydes is 1. The second-order valence-corrected chi connectivity index (χ2v) is 11.6. The molecular weight excluding hydrogens is 531 g/mol. The van der Waals surface area contributed by atoms with Gasteiger partial charge in [0.25, 0.3) is 0 Å². The van der Waals surface area contributed by atoms with E-state index in [1.165, 1.54) is 6.07 Å². The molecule has 0 amide bonds. The van der Waals surface area contributed by atoms with Gasteiger partial charge in [-0.05, 0) is 94.0 Å². The fourth-order valence-corrected chi connectivity index (χ4v) is 5.77. The van der Waals surface area contributed by atoms with Crippen molar-refractivity contribution < 1.29 is 18.7 Å². The molecule has 1 atom stereocenters. The van der Waals surface area contributed by atoms with Gasteiger partial charge < -0.3 is 14.3 Å². The normalized spacial score (nSPS) is 14.0. The molecule has 7 nitrogen and oxygen atoms in total. The van der Waals surface area contributed by atoms with E-state index in [0.717, 1.165) is 46.1 Å².